The van der Waals surface area contributed by atoms with Crippen LogP contribution in [0.25, 0.3) is 0 Å². The molecule has 0 spiro atoms. The highest BCUT2D eigenvalue weighted by atomic mass is 16.8. The van der Waals surface area contributed by atoms with E-state index in [2.05, 4.69) is 10.6 Å². The highest BCUT2D eigenvalue weighted by Gasteiger charge is 2.48. The summed E-state index contributed by atoms with van der Waals surface area (Å²) >= 11 is 0. The standard InChI is InChI=1S/C21H36N2O8/c1-12-9-14(23-19(25)31-20(3,4)5)16(22-13(2)24)18(29-12)17(27-11-26-8)15-10-28-21(6,7)30-15/h9,14-18H,10-11H2,1-8H3,(H,22,24)(H,23,25)/t14-,15+,16+,17+,18+/m0/s1. The van der Waals surface area contributed by atoms with E-state index < -0.39 is 47.9 Å². The summed E-state index contributed by atoms with van der Waals surface area (Å²) in [4.78, 5) is 24.5. The fraction of sp³-hybridized carbons (Fsp3) is 0.810. The van der Waals surface area contributed by atoms with Crippen molar-refractivity contribution in [3.05, 3.63) is 11.8 Å². The van der Waals surface area contributed by atoms with Crippen LogP contribution in [0, 0.1) is 0 Å². The van der Waals surface area contributed by atoms with Crippen molar-refractivity contribution in [1.82, 2.24) is 10.6 Å². The number of allylic oxidation sites excluding steroid dienone is 1. The highest BCUT2D eigenvalue weighted by molar-refractivity contribution is 5.74. The van der Waals surface area contributed by atoms with Crippen molar-refractivity contribution < 1.29 is 38.0 Å². The van der Waals surface area contributed by atoms with Gasteiger partial charge in [0.1, 0.15) is 30.7 Å². The molecule has 0 aromatic carbocycles. The smallest absolute Gasteiger partial charge is 0.408 e. The van der Waals surface area contributed by atoms with Gasteiger partial charge in [0.05, 0.1) is 24.4 Å². The lowest BCUT2D eigenvalue weighted by atomic mass is 9.92. The van der Waals surface area contributed by atoms with Gasteiger partial charge in [0.15, 0.2) is 5.79 Å². The zero-order valence-corrected chi connectivity index (χ0v) is 19.6. The largest absolute Gasteiger partial charge is 0.490 e. The molecular weight excluding hydrogens is 408 g/mol. The maximum absolute atomic E-state index is 12.4. The topological polar surface area (TPSA) is 114 Å². The fourth-order valence-electron chi connectivity index (χ4n) is 3.58. The lowest BCUT2D eigenvalue weighted by Gasteiger charge is -2.42. The second-order valence-electron chi connectivity index (χ2n) is 9.16. The third-order valence-corrected chi connectivity index (χ3v) is 4.63. The maximum atomic E-state index is 12.4. The van der Waals surface area contributed by atoms with Gasteiger partial charge < -0.3 is 39.1 Å². The van der Waals surface area contributed by atoms with Gasteiger partial charge in [0.25, 0.3) is 0 Å². The molecule has 5 atom stereocenters. The summed E-state index contributed by atoms with van der Waals surface area (Å²) in [7, 11) is 1.51. The minimum absolute atomic E-state index is 0.00940. The number of ether oxygens (including phenoxy) is 6. The number of amides is 2. The Balaban J connectivity index is 2.31. The number of hydrogen-bond acceptors (Lipinski definition) is 8. The van der Waals surface area contributed by atoms with Crippen LogP contribution in [0.3, 0.4) is 0 Å². The minimum Gasteiger partial charge on any atom is -0.490 e. The van der Waals surface area contributed by atoms with Crippen LogP contribution in [-0.2, 0) is 33.2 Å². The molecule has 2 heterocycles. The predicted molar refractivity (Wildman–Crippen MR) is 111 cm³/mol. The Bertz CT molecular complexity index is 673. The van der Waals surface area contributed by atoms with Crippen molar-refractivity contribution in [2.24, 2.45) is 0 Å². The number of hydrogen-bond donors (Lipinski definition) is 2. The number of carbonyl (C=O) groups is 2. The molecule has 1 fully saturated rings. The molecule has 178 valence electrons. The maximum Gasteiger partial charge on any atom is 0.408 e. The number of methoxy groups -OCH3 is 1. The Kier molecular flexibility index (Phi) is 8.32. The van der Waals surface area contributed by atoms with E-state index in [4.69, 9.17) is 28.4 Å². The first-order valence-corrected chi connectivity index (χ1v) is 10.4. The van der Waals surface area contributed by atoms with Gasteiger partial charge in [-0.2, -0.15) is 0 Å². The van der Waals surface area contributed by atoms with Crippen LogP contribution in [0.5, 0.6) is 0 Å². The molecule has 0 aliphatic carbocycles. The number of alkyl carbamates (subject to hydrolysis) is 1. The summed E-state index contributed by atoms with van der Waals surface area (Å²) in [5.74, 6) is -0.495. The molecule has 10 heteroatoms. The molecule has 2 amide bonds. The van der Waals surface area contributed by atoms with Crippen LogP contribution < -0.4 is 10.6 Å². The van der Waals surface area contributed by atoms with Gasteiger partial charge in [-0.3, -0.25) is 4.79 Å². The van der Waals surface area contributed by atoms with E-state index in [0.29, 0.717) is 5.76 Å². The number of rotatable bonds is 7. The molecule has 2 aliphatic heterocycles. The van der Waals surface area contributed by atoms with Gasteiger partial charge in [-0.1, -0.05) is 0 Å². The Morgan fingerprint density at radius 2 is 1.97 bits per heavy atom. The monoisotopic (exact) mass is 444 g/mol. The molecule has 0 bridgehead atoms. The van der Waals surface area contributed by atoms with Gasteiger partial charge in [0, 0.05) is 14.0 Å². The normalized spacial score (nSPS) is 28.8. The van der Waals surface area contributed by atoms with Gasteiger partial charge >= 0.3 is 6.09 Å². The van der Waals surface area contributed by atoms with Gasteiger partial charge in [-0.25, -0.2) is 4.79 Å². The first-order valence-electron chi connectivity index (χ1n) is 10.4. The van der Waals surface area contributed by atoms with Crippen molar-refractivity contribution in [2.75, 3.05) is 20.5 Å². The van der Waals surface area contributed by atoms with Crippen LogP contribution in [0.15, 0.2) is 11.8 Å². The summed E-state index contributed by atoms with van der Waals surface area (Å²) in [6.45, 7) is 12.4. The summed E-state index contributed by atoms with van der Waals surface area (Å²) < 4.78 is 34.2. The zero-order chi connectivity index (χ0) is 23.4. The molecule has 2 rings (SSSR count). The summed E-state index contributed by atoms with van der Waals surface area (Å²) in [5, 5.41) is 5.69. The third-order valence-electron chi connectivity index (χ3n) is 4.63. The van der Waals surface area contributed by atoms with Gasteiger partial charge in [0.2, 0.25) is 5.91 Å². The first-order chi connectivity index (χ1) is 14.3. The van der Waals surface area contributed by atoms with Crippen LogP contribution in [0.2, 0.25) is 0 Å². The van der Waals surface area contributed by atoms with Crippen LogP contribution in [0.1, 0.15) is 48.5 Å². The van der Waals surface area contributed by atoms with Gasteiger partial charge in [-0.15, -0.1) is 0 Å². The molecule has 0 radical (unpaired) electrons. The molecule has 2 aliphatic rings. The van der Waals surface area contributed by atoms with Gasteiger partial charge in [-0.05, 0) is 47.6 Å². The van der Waals surface area contributed by atoms with Crippen LogP contribution in [0.4, 0.5) is 4.79 Å². The summed E-state index contributed by atoms with van der Waals surface area (Å²) in [5.41, 5.74) is -0.665. The van der Waals surface area contributed by atoms with E-state index in [9.17, 15) is 9.59 Å². The van der Waals surface area contributed by atoms with E-state index in [1.807, 2.05) is 13.8 Å². The second kappa shape index (κ2) is 10.2. The molecule has 0 saturated carbocycles. The molecule has 2 N–H and O–H groups in total. The molecule has 0 aromatic rings. The van der Waals surface area contributed by atoms with Crippen LogP contribution >= 0.6 is 0 Å². The second-order valence-corrected chi connectivity index (χ2v) is 9.16. The SMILES string of the molecule is COCO[C@@H]([C@@H]1OC(C)=C[C@H](NC(=O)OC(C)(C)C)[C@H]1NC(C)=O)[C@H]1COC(C)(C)O1. The number of nitrogens with one attached hydrogen (secondary N) is 2. The quantitative estimate of drug-likeness (QED) is 0.572. The fourth-order valence-corrected chi connectivity index (χ4v) is 3.58. The molecule has 0 unspecified atom stereocenters. The summed E-state index contributed by atoms with van der Waals surface area (Å²) in [6.07, 6.45) is -0.686. The lowest BCUT2D eigenvalue weighted by molar-refractivity contribution is -0.195. The van der Waals surface area contributed by atoms with Crippen molar-refractivity contribution in [1.29, 1.82) is 0 Å². The third kappa shape index (κ3) is 7.64. The van der Waals surface area contributed by atoms with E-state index >= 15 is 0 Å². The minimum atomic E-state index is -0.781. The van der Waals surface area contributed by atoms with Crippen molar-refractivity contribution in [2.45, 2.75) is 90.2 Å². The van der Waals surface area contributed by atoms with E-state index in [1.54, 1.807) is 33.8 Å². The highest BCUT2D eigenvalue weighted by Crippen LogP contribution is 2.31. The summed E-state index contributed by atoms with van der Waals surface area (Å²) in [6, 6.07) is -1.25. The Morgan fingerprint density at radius 3 is 2.48 bits per heavy atom. The Hall–Kier alpha value is -1.88. The molecular formula is C21H36N2O8. The van der Waals surface area contributed by atoms with Crippen molar-refractivity contribution >= 4 is 12.0 Å². The van der Waals surface area contributed by atoms with E-state index in [-0.39, 0.29) is 19.3 Å². The molecule has 31 heavy (non-hydrogen) atoms. The van der Waals surface area contributed by atoms with Crippen molar-refractivity contribution in [3.63, 3.8) is 0 Å². The Labute approximate surface area is 183 Å². The molecule has 1 saturated heterocycles. The van der Waals surface area contributed by atoms with Crippen LogP contribution in [-0.4, -0.2) is 74.3 Å². The molecule has 10 nitrogen and oxygen atoms in total. The Morgan fingerprint density at radius 1 is 1.29 bits per heavy atom. The number of carbonyl (C=O) groups excluding carboxylic acids is 2. The van der Waals surface area contributed by atoms with E-state index in [1.165, 1.54) is 14.0 Å². The zero-order valence-electron chi connectivity index (χ0n) is 19.6. The average molecular weight is 445 g/mol. The lowest BCUT2D eigenvalue weighted by Crippen LogP contribution is -2.63. The first kappa shape index (κ1) is 25.4. The predicted octanol–water partition coefficient (Wildman–Crippen LogP) is 1.83. The van der Waals surface area contributed by atoms with E-state index in [0.717, 1.165) is 0 Å². The molecule has 0 aromatic heterocycles. The average Bonchev–Trinajstić information content (AvgIpc) is 2.95. The van der Waals surface area contributed by atoms with Crippen molar-refractivity contribution in [3.8, 4) is 0 Å².